The lowest BCUT2D eigenvalue weighted by molar-refractivity contribution is -0.113. The highest BCUT2D eigenvalue weighted by Gasteiger charge is 2.06. The lowest BCUT2D eigenvalue weighted by atomic mass is 10.2. The number of nitrogens with one attached hydrogen (secondary N) is 1. The molecule has 0 radical (unpaired) electrons. The van der Waals surface area contributed by atoms with Crippen LogP contribution in [0.5, 0.6) is 5.75 Å². The summed E-state index contributed by atoms with van der Waals surface area (Å²) in [7, 11) is 0. The molecule has 23 heavy (non-hydrogen) atoms. The largest absolute Gasteiger partial charge is 0.491 e. The summed E-state index contributed by atoms with van der Waals surface area (Å²) in [4.78, 5) is 11.9. The predicted octanol–water partition coefficient (Wildman–Crippen LogP) is 5.05. The zero-order valence-corrected chi connectivity index (χ0v) is 15.0. The van der Waals surface area contributed by atoms with E-state index in [1.807, 2.05) is 31.2 Å². The number of para-hydroxylation sites is 1. The van der Waals surface area contributed by atoms with Gasteiger partial charge in [0, 0.05) is 16.5 Å². The summed E-state index contributed by atoms with van der Waals surface area (Å²) >= 11 is 13.4. The minimum atomic E-state index is -0.0434. The Hall–Kier alpha value is -1.36. The van der Waals surface area contributed by atoms with E-state index < -0.39 is 0 Å². The maximum Gasteiger partial charge on any atom is 0.234 e. The summed E-state index contributed by atoms with van der Waals surface area (Å²) in [5, 5.41) is 4.12. The Labute approximate surface area is 150 Å². The number of hydrogen-bond donors (Lipinski definition) is 1. The lowest BCUT2D eigenvalue weighted by Crippen LogP contribution is -2.15. The standard InChI is InChI=1S/C17H17Cl2NO2S/c1-12-10-13(18)6-7-15(12)20-17(21)11-23-9-8-22-16-5-3-2-4-14(16)19/h2-7,10H,8-9,11H2,1H3,(H,20,21). The summed E-state index contributed by atoms with van der Waals surface area (Å²) < 4.78 is 5.57. The van der Waals surface area contributed by atoms with Crippen LogP contribution in [0.25, 0.3) is 0 Å². The normalized spacial score (nSPS) is 10.4. The van der Waals surface area contributed by atoms with E-state index in [9.17, 15) is 4.79 Å². The Morgan fingerprint density at radius 3 is 2.74 bits per heavy atom. The van der Waals surface area contributed by atoms with E-state index in [0.717, 1.165) is 11.3 Å². The van der Waals surface area contributed by atoms with Gasteiger partial charge in [-0.25, -0.2) is 0 Å². The molecule has 0 aliphatic rings. The SMILES string of the molecule is Cc1cc(Cl)ccc1NC(=O)CSCCOc1ccccc1Cl. The van der Waals surface area contributed by atoms with Crippen LogP contribution in [0.1, 0.15) is 5.56 Å². The van der Waals surface area contributed by atoms with Gasteiger partial charge >= 0.3 is 0 Å². The van der Waals surface area contributed by atoms with Crippen molar-refractivity contribution >= 4 is 46.6 Å². The van der Waals surface area contributed by atoms with Gasteiger partial charge in [0.2, 0.25) is 5.91 Å². The molecule has 0 spiro atoms. The number of halogens is 2. The van der Waals surface area contributed by atoms with Crippen LogP contribution >= 0.6 is 35.0 Å². The molecule has 0 aliphatic heterocycles. The number of ether oxygens (including phenoxy) is 1. The quantitative estimate of drug-likeness (QED) is 0.693. The number of anilines is 1. The minimum absolute atomic E-state index is 0.0434. The third-order valence-electron chi connectivity index (χ3n) is 3.02. The van der Waals surface area contributed by atoms with E-state index in [1.165, 1.54) is 11.8 Å². The second kappa shape index (κ2) is 9.06. The van der Waals surface area contributed by atoms with Crippen LogP contribution in [0, 0.1) is 6.92 Å². The first-order valence-electron chi connectivity index (χ1n) is 7.07. The lowest BCUT2D eigenvalue weighted by Gasteiger charge is -2.09. The average molecular weight is 370 g/mol. The molecule has 0 aliphatic carbocycles. The van der Waals surface area contributed by atoms with Crippen molar-refractivity contribution in [3.63, 3.8) is 0 Å². The van der Waals surface area contributed by atoms with Gasteiger partial charge < -0.3 is 10.1 Å². The monoisotopic (exact) mass is 369 g/mol. The van der Waals surface area contributed by atoms with Crippen molar-refractivity contribution in [2.24, 2.45) is 0 Å². The van der Waals surface area contributed by atoms with E-state index in [2.05, 4.69) is 5.32 Å². The molecular formula is C17H17Cl2NO2S. The molecule has 0 fully saturated rings. The first-order chi connectivity index (χ1) is 11.1. The van der Waals surface area contributed by atoms with Crippen molar-refractivity contribution in [1.29, 1.82) is 0 Å². The molecule has 0 aromatic heterocycles. The van der Waals surface area contributed by atoms with Gasteiger partial charge in [-0.2, -0.15) is 0 Å². The highest BCUT2D eigenvalue weighted by atomic mass is 35.5. The molecule has 2 aromatic rings. The molecule has 0 saturated carbocycles. The molecule has 0 saturated heterocycles. The van der Waals surface area contributed by atoms with E-state index >= 15 is 0 Å². The second-order valence-electron chi connectivity index (χ2n) is 4.84. The Morgan fingerprint density at radius 1 is 1.22 bits per heavy atom. The Morgan fingerprint density at radius 2 is 2.00 bits per heavy atom. The van der Waals surface area contributed by atoms with Crippen molar-refractivity contribution in [1.82, 2.24) is 0 Å². The maximum absolute atomic E-state index is 11.9. The zero-order chi connectivity index (χ0) is 16.7. The number of amides is 1. The van der Waals surface area contributed by atoms with Crippen molar-refractivity contribution in [3.05, 3.63) is 58.1 Å². The Bertz CT molecular complexity index is 679. The summed E-state index contributed by atoms with van der Waals surface area (Å²) in [5.74, 6) is 1.70. The van der Waals surface area contributed by atoms with Crippen molar-refractivity contribution in [2.45, 2.75) is 6.92 Å². The Kier molecular flexibility index (Phi) is 7.09. The molecule has 2 aromatic carbocycles. The molecule has 122 valence electrons. The molecule has 6 heteroatoms. The van der Waals surface area contributed by atoms with Crippen LogP contribution in [0.4, 0.5) is 5.69 Å². The molecule has 0 unspecified atom stereocenters. The molecule has 1 amide bonds. The highest BCUT2D eigenvalue weighted by Crippen LogP contribution is 2.23. The van der Waals surface area contributed by atoms with Gasteiger partial charge in [-0.1, -0.05) is 35.3 Å². The van der Waals surface area contributed by atoms with Crippen molar-refractivity contribution in [2.75, 3.05) is 23.4 Å². The predicted molar refractivity (Wildman–Crippen MR) is 99.1 cm³/mol. The maximum atomic E-state index is 11.9. The molecule has 3 nitrogen and oxygen atoms in total. The van der Waals surface area contributed by atoms with Crippen LogP contribution in [0.15, 0.2) is 42.5 Å². The van der Waals surface area contributed by atoms with Gasteiger partial charge in [-0.05, 0) is 42.8 Å². The number of carbonyl (C=O) groups excluding carboxylic acids is 1. The first-order valence-corrected chi connectivity index (χ1v) is 8.98. The van der Waals surface area contributed by atoms with Crippen molar-refractivity contribution in [3.8, 4) is 5.75 Å². The number of rotatable bonds is 7. The third kappa shape index (κ3) is 5.98. The van der Waals surface area contributed by atoms with E-state index in [0.29, 0.717) is 33.9 Å². The minimum Gasteiger partial charge on any atom is -0.491 e. The molecule has 2 rings (SSSR count). The van der Waals surface area contributed by atoms with Gasteiger partial charge in [0.15, 0.2) is 0 Å². The van der Waals surface area contributed by atoms with Crippen LogP contribution in [-0.4, -0.2) is 24.0 Å². The second-order valence-corrected chi connectivity index (χ2v) is 6.79. The summed E-state index contributed by atoms with van der Waals surface area (Å²) in [6, 6.07) is 12.7. The average Bonchev–Trinajstić information content (AvgIpc) is 2.51. The van der Waals surface area contributed by atoms with Crippen molar-refractivity contribution < 1.29 is 9.53 Å². The highest BCUT2D eigenvalue weighted by molar-refractivity contribution is 7.99. The molecule has 0 heterocycles. The van der Waals surface area contributed by atoms with Crippen LogP contribution < -0.4 is 10.1 Å². The smallest absolute Gasteiger partial charge is 0.234 e. The topological polar surface area (TPSA) is 38.3 Å². The van der Waals surface area contributed by atoms with Gasteiger partial charge in [-0.15, -0.1) is 11.8 Å². The third-order valence-corrected chi connectivity index (χ3v) is 4.49. The Balaban J connectivity index is 1.68. The number of benzene rings is 2. The molecule has 0 bridgehead atoms. The number of aryl methyl sites for hydroxylation is 1. The van der Waals surface area contributed by atoms with Gasteiger partial charge in [0.05, 0.1) is 17.4 Å². The van der Waals surface area contributed by atoms with Gasteiger partial charge in [0.1, 0.15) is 5.75 Å². The fourth-order valence-corrected chi connectivity index (χ4v) is 2.91. The van der Waals surface area contributed by atoms with Gasteiger partial charge in [-0.3, -0.25) is 4.79 Å². The zero-order valence-electron chi connectivity index (χ0n) is 12.6. The van der Waals surface area contributed by atoms with Crippen LogP contribution in [-0.2, 0) is 4.79 Å². The summed E-state index contributed by atoms with van der Waals surface area (Å²) in [5.41, 5.74) is 1.73. The number of thioether (sulfide) groups is 1. The van der Waals surface area contributed by atoms with E-state index in [-0.39, 0.29) is 5.91 Å². The van der Waals surface area contributed by atoms with E-state index in [1.54, 1.807) is 18.2 Å². The fraction of sp³-hybridized carbons (Fsp3) is 0.235. The summed E-state index contributed by atoms with van der Waals surface area (Å²) in [6.07, 6.45) is 0. The van der Waals surface area contributed by atoms with Gasteiger partial charge in [0.25, 0.3) is 0 Å². The molecule has 1 N–H and O–H groups in total. The molecular weight excluding hydrogens is 353 g/mol. The summed E-state index contributed by atoms with van der Waals surface area (Å²) in [6.45, 7) is 2.41. The number of hydrogen-bond acceptors (Lipinski definition) is 3. The number of carbonyl (C=O) groups is 1. The first kappa shape index (κ1) is 18.0. The fourth-order valence-electron chi connectivity index (χ4n) is 1.89. The van der Waals surface area contributed by atoms with Crippen LogP contribution in [0.2, 0.25) is 10.0 Å². The van der Waals surface area contributed by atoms with E-state index in [4.69, 9.17) is 27.9 Å². The van der Waals surface area contributed by atoms with Crippen LogP contribution in [0.3, 0.4) is 0 Å². The molecule has 0 atom stereocenters.